The van der Waals surface area contributed by atoms with Crippen molar-refractivity contribution in [2.45, 2.75) is 18.9 Å². The van der Waals surface area contributed by atoms with Crippen molar-refractivity contribution in [3.63, 3.8) is 0 Å². The van der Waals surface area contributed by atoms with E-state index in [0.29, 0.717) is 48.1 Å². The first-order valence-corrected chi connectivity index (χ1v) is 14.9. The number of hydrogen-bond acceptors (Lipinski definition) is 8. The number of rotatable bonds is 8. The number of methoxy groups -OCH3 is 3. The number of hydrogen-bond donors (Lipinski definition) is 2. The topological polar surface area (TPSA) is 128 Å². The van der Waals surface area contributed by atoms with Gasteiger partial charge in [-0.15, -0.1) is 0 Å². The Bertz CT molecular complexity index is 1860. The number of ether oxygens (including phenoxy) is 3. The molecule has 11 heteroatoms. The van der Waals surface area contributed by atoms with Crippen LogP contribution in [-0.2, 0) is 11.3 Å². The molecule has 0 aliphatic carbocycles. The minimum Gasteiger partial charge on any atom is -0.497 e. The zero-order chi connectivity index (χ0) is 32.4. The van der Waals surface area contributed by atoms with Crippen LogP contribution >= 0.6 is 0 Å². The Morgan fingerprint density at radius 1 is 0.739 bits per heavy atom. The molecule has 2 aliphatic heterocycles. The fourth-order valence-corrected chi connectivity index (χ4v) is 6.35. The van der Waals surface area contributed by atoms with Crippen LogP contribution in [0.25, 0.3) is 0 Å². The molecule has 2 bridgehead atoms. The maximum absolute atomic E-state index is 13.7. The number of fused-ring (bicyclic) bond motifs is 4. The lowest BCUT2D eigenvalue weighted by atomic mass is 9.83. The van der Waals surface area contributed by atoms with Crippen LogP contribution in [0.1, 0.15) is 49.1 Å². The second-order valence-electron chi connectivity index (χ2n) is 11.4. The lowest BCUT2D eigenvalue weighted by Gasteiger charge is -2.44. The smallest absolute Gasteiger partial charge is 0.339 e. The monoisotopic (exact) mass is 622 g/mol. The summed E-state index contributed by atoms with van der Waals surface area (Å²) in [7, 11) is 4.29. The molecule has 1 aromatic heterocycles. The highest BCUT2D eigenvalue weighted by Gasteiger charge is 2.35. The summed E-state index contributed by atoms with van der Waals surface area (Å²) >= 11 is 0. The standard InChI is InChI=1S/C35H34N4O7/c1-44-25-14-23(15-26(17-25)45-2)34(42)37-29-16-22(33(41)36-28-8-5-4-7-27(28)35(43)46-3)11-12-31(29)38-18-21-13-24(20-38)30-9-6-10-32(40)39(30)19-21/h4-12,14-17,21,24H,13,18-20H2,1-3H3,(H,36,41)(H,37,42)/t21-,24-/m0/s1. The normalized spacial score (nSPS) is 16.5. The van der Waals surface area contributed by atoms with E-state index in [-0.39, 0.29) is 28.5 Å². The summed E-state index contributed by atoms with van der Waals surface area (Å²) in [4.78, 5) is 54.3. The molecule has 0 unspecified atom stereocenters. The molecule has 4 aromatic rings. The highest BCUT2D eigenvalue weighted by Crippen LogP contribution is 2.39. The number of carbonyl (C=O) groups excluding carboxylic acids is 3. The number of nitrogens with zero attached hydrogens (tertiary/aromatic N) is 2. The van der Waals surface area contributed by atoms with Crippen molar-refractivity contribution >= 4 is 34.8 Å². The summed E-state index contributed by atoms with van der Waals surface area (Å²) in [6.45, 7) is 1.92. The molecule has 3 aromatic carbocycles. The molecule has 1 fully saturated rings. The molecule has 1 saturated heterocycles. The molecule has 6 rings (SSSR count). The van der Waals surface area contributed by atoms with Crippen LogP contribution in [0.4, 0.5) is 17.1 Å². The second-order valence-corrected chi connectivity index (χ2v) is 11.4. The molecule has 2 amide bonds. The number of benzene rings is 3. The first-order valence-electron chi connectivity index (χ1n) is 14.9. The van der Waals surface area contributed by atoms with E-state index in [1.54, 1.807) is 66.7 Å². The Balaban J connectivity index is 1.35. The molecule has 3 heterocycles. The molecule has 11 nitrogen and oxygen atoms in total. The number of nitrogens with one attached hydrogen (secondary N) is 2. The molecule has 2 N–H and O–H groups in total. The molecule has 236 valence electrons. The number of para-hydroxylation sites is 1. The van der Waals surface area contributed by atoms with Crippen LogP contribution in [-0.4, -0.2) is 56.8 Å². The van der Waals surface area contributed by atoms with Crippen molar-refractivity contribution in [2.75, 3.05) is 50.0 Å². The van der Waals surface area contributed by atoms with Gasteiger partial charge in [0.15, 0.2) is 0 Å². The fourth-order valence-electron chi connectivity index (χ4n) is 6.35. The van der Waals surface area contributed by atoms with Crippen molar-refractivity contribution < 1.29 is 28.6 Å². The third kappa shape index (κ3) is 6.03. The van der Waals surface area contributed by atoms with Gasteiger partial charge in [0.05, 0.1) is 44.0 Å². The summed E-state index contributed by atoms with van der Waals surface area (Å²) < 4.78 is 17.5. The van der Waals surface area contributed by atoms with Crippen molar-refractivity contribution in [1.29, 1.82) is 0 Å². The van der Waals surface area contributed by atoms with Crippen LogP contribution in [0.5, 0.6) is 11.5 Å². The van der Waals surface area contributed by atoms with Crippen LogP contribution in [0.2, 0.25) is 0 Å². The average Bonchev–Trinajstić information content (AvgIpc) is 3.08. The van der Waals surface area contributed by atoms with Gasteiger partial charge < -0.3 is 34.3 Å². The number of pyridine rings is 1. The van der Waals surface area contributed by atoms with Crippen LogP contribution in [0.3, 0.4) is 0 Å². The molecule has 2 aliphatic rings. The molecular weight excluding hydrogens is 588 g/mol. The number of piperidine rings is 1. The van der Waals surface area contributed by atoms with E-state index in [1.807, 2.05) is 16.7 Å². The Morgan fingerprint density at radius 3 is 2.20 bits per heavy atom. The van der Waals surface area contributed by atoms with E-state index in [9.17, 15) is 19.2 Å². The van der Waals surface area contributed by atoms with Gasteiger partial charge in [0.25, 0.3) is 17.4 Å². The lowest BCUT2D eigenvalue weighted by Crippen LogP contribution is -2.47. The molecule has 0 saturated carbocycles. The molecule has 0 radical (unpaired) electrons. The molecule has 46 heavy (non-hydrogen) atoms. The van der Waals surface area contributed by atoms with Crippen LogP contribution in [0.15, 0.2) is 83.7 Å². The summed E-state index contributed by atoms with van der Waals surface area (Å²) in [5.74, 6) is -0.181. The van der Waals surface area contributed by atoms with Crippen LogP contribution in [0, 0.1) is 5.92 Å². The second kappa shape index (κ2) is 12.8. The first kappa shape index (κ1) is 30.4. The van der Waals surface area contributed by atoms with Crippen molar-refractivity contribution in [3.05, 3.63) is 112 Å². The zero-order valence-corrected chi connectivity index (χ0v) is 25.7. The highest BCUT2D eigenvalue weighted by molar-refractivity contribution is 6.11. The highest BCUT2D eigenvalue weighted by atomic mass is 16.5. The summed E-state index contributed by atoms with van der Waals surface area (Å²) in [6, 6.07) is 22.0. The summed E-state index contributed by atoms with van der Waals surface area (Å²) in [5, 5.41) is 5.82. The maximum atomic E-state index is 13.7. The van der Waals surface area contributed by atoms with Gasteiger partial charge in [0, 0.05) is 54.5 Å². The van der Waals surface area contributed by atoms with Gasteiger partial charge in [-0.05, 0) is 60.9 Å². The minimum atomic E-state index is -0.576. The number of aromatic nitrogens is 1. The Morgan fingerprint density at radius 2 is 1.46 bits per heavy atom. The molecule has 2 atom stereocenters. The van der Waals surface area contributed by atoms with Crippen LogP contribution < -0.4 is 30.6 Å². The minimum absolute atomic E-state index is 0.00598. The largest absolute Gasteiger partial charge is 0.497 e. The SMILES string of the molecule is COC(=O)c1ccccc1NC(=O)c1ccc(N2C[C@@H]3C[C@@H](C2)c2cccc(=O)n2C3)c(NC(=O)c2cc(OC)cc(OC)c2)c1. The quantitative estimate of drug-likeness (QED) is 0.269. The van der Waals surface area contributed by atoms with E-state index >= 15 is 0 Å². The average molecular weight is 623 g/mol. The zero-order valence-electron chi connectivity index (χ0n) is 25.7. The van der Waals surface area contributed by atoms with Crippen molar-refractivity contribution in [2.24, 2.45) is 5.92 Å². The van der Waals surface area contributed by atoms with E-state index < -0.39 is 17.8 Å². The number of esters is 1. The Kier molecular flexibility index (Phi) is 8.47. The van der Waals surface area contributed by atoms with Crippen molar-refractivity contribution in [1.82, 2.24) is 4.57 Å². The van der Waals surface area contributed by atoms with E-state index in [4.69, 9.17) is 14.2 Å². The van der Waals surface area contributed by atoms with E-state index in [2.05, 4.69) is 15.5 Å². The van der Waals surface area contributed by atoms with Gasteiger partial charge in [-0.25, -0.2) is 4.79 Å². The number of anilines is 3. The molecular formula is C35H34N4O7. The Labute approximate surface area is 265 Å². The summed E-state index contributed by atoms with van der Waals surface area (Å²) in [5.41, 5.74) is 3.30. The van der Waals surface area contributed by atoms with Gasteiger partial charge in [0.2, 0.25) is 0 Å². The lowest BCUT2D eigenvalue weighted by molar-refractivity contribution is 0.0601. The Hall–Kier alpha value is -5.58. The van der Waals surface area contributed by atoms with Gasteiger partial charge in [0.1, 0.15) is 11.5 Å². The van der Waals surface area contributed by atoms with E-state index in [0.717, 1.165) is 17.8 Å². The van der Waals surface area contributed by atoms with Gasteiger partial charge in [-0.1, -0.05) is 18.2 Å². The predicted molar refractivity (Wildman–Crippen MR) is 173 cm³/mol. The number of amides is 2. The van der Waals surface area contributed by atoms with E-state index in [1.165, 1.54) is 21.3 Å². The van der Waals surface area contributed by atoms with Crippen molar-refractivity contribution in [3.8, 4) is 11.5 Å². The predicted octanol–water partition coefficient (Wildman–Crippen LogP) is 4.78. The van der Waals surface area contributed by atoms with Gasteiger partial charge in [-0.3, -0.25) is 14.4 Å². The maximum Gasteiger partial charge on any atom is 0.339 e. The fraction of sp³-hybridized carbons (Fsp3) is 0.257. The molecule has 0 spiro atoms. The first-order chi connectivity index (χ1) is 22.3. The third-order valence-electron chi connectivity index (χ3n) is 8.52. The third-order valence-corrected chi connectivity index (χ3v) is 8.52. The summed E-state index contributed by atoms with van der Waals surface area (Å²) in [6.07, 6.45) is 0.964. The number of carbonyl (C=O) groups is 3. The van der Waals surface area contributed by atoms with Gasteiger partial charge >= 0.3 is 5.97 Å². The van der Waals surface area contributed by atoms with Gasteiger partial charge in [-0.2, -0.15) is 0 Å².